The quantitative estimate of drug-likeness (QED) is 0.0144. The smallest absolute Gasteiger partial charge is 0.411 e. The SMILES string of the molecule is CCCC[C@H](NC(=O)[C@H](CO)NC(=O)CN(CCN)C(=O)O[C@]1(CC)C(=O)OCc2c1cc1n(c2=O)Cc2cc3ccccc3nc2-1)C(=O)N[C@@H](Cc1ccc(O)cc1)C(=O)N[C@@H](CO)C(=O)N[C@H]1CSSC[C@@H](C(=O)N[C@H](C(N)=O)[C@@H](C)O)NC(=O)[C@H]([C@@H](C)O)NC(=O)[C@H](CCCN)NC(=O)[C@H](Cc2c[nH]c3ccccc23)NC(=O)[C@H](Cc2ccccc2)NC1=O. The van der Waals surface area contributed by atoms with E-state index in [2.05, 4.69) is 63.5 Å². The van der Waals surface area contributed by atoms with Crippen LogP contribution in [0.4, 0.5) is 4.79 Å². The van der Waals surface area contributed by atoms with E-state index in [0.717, 1.165) is 51.3 Å². The van der Waals surface area contributed by atoms with Crippen LogP contribution in [0.25, 0.3) is 33.2 Å². The standard InChI is InChI=1S/C85H106N18O22S2/c1-5-7-20-57(93-77(116)62(39-104)90-67(109)38-102(30-29-87)84(123)125-85(6-2)54-35-66-70-50(33-48-18-11-13-21-55(48)91-70)37-103(66)82(121)53(54)41-124-83(85)122)72(111)94-60(32-47-24-26-51(108)27-25-47)75(114)97-63(40-105)78(117)98-64-42-126-127-43-65(80(119)100-68(44(3)106)71(88)110)99-81(120)69(45(4)107)101-73(112)58(23-15-28-86)92-76(115)61(34-49-36-89-56-22-14-12-19-52(49)56)96-74(113)59(95-79(64)118)31-46-16-9-8-10-17-46/h8-14,16-19,21-22,24-27,33,35-36,44-45,57-65,68-69,89,104-108H,5-7,15,20,23,28-32,34,37-43,86-87H2,1-4H3,(H2,88,110)(H,90,109)(H,92,115)(H,93,116)(H,94,111)(H,95,118)(H,96,113)(H,97,114)(H,98,117)(H,99,120)(H,100,119)(H,101,112)/t44-,45-,57+,58+,59+,60+,61+,62+,63+,64+,65+,68+,69+,85+/m1/s1. The average molecular weight is 1800 g/mol. The third-order valence-electron chi connectivity index (χ3n) is 21.7. The van der Waals surface area contributed by atoms with Gasteiger partial charge in [-0.25, -0.2) is 14.6 Å². The molecule has 14 atom stereocenters. The summed E-state index contributed by atoms with van der Waals surface area (Å²) in [6.07, 6.45) is -3.68. The molecule has 1 fully saturated rings. The van der Waals surface area contributed by atoms with E-state index in [-0.39, 0.29) is 88.0 Å². The molecule has 0 radical (unpaired) electrons. The molecule has 6 heterocycles. The molecule has 1 saturated heterocycles. The number of nitrogens with one attached hydrogen (secondary N) is 12. The summed E-state index contributed by atoms with van der Waals surface area (Å²) < 4.78 is 13.0. The number of H-pyrrole nitrogens is 1. The van der Waals surface area contributed by atoms with E-state index in [1.807, 2.05) is 24.3 Å². The van der Waals surface area contributed by atoms with Gasteiger partial charge in [-0.1, -0.05) is 127 Å². The molecule has 3 aromatic heterocycles. The number of aromatic nitrogens is 3. The maximum Gasteiger partial charge on any atom is 0.411 e. The number of phenols is 1. The number of hydrogen-bond donors (Lipinski definition) is 20. The first kappa shape index (κ1) is 96.6. The highest BCUT2D eigenvalue weighted by Gasteiger charge is 2.52. The molecular formula is C85H106N18O22S2. The lowest BCUT2D eigenvalue weighted by Gasteiger charge is -2.37. The summed E-state index contributed by atoms with van der Waals surface area (Å²) in [7, 11) is 1.54. The number of primary amides is 1. The van der Waals surface area contributed by atoms with Gasteiger partial charge in [-0.3, -0.25) is 67.2 Å². The van der Waals surface area contributed by atoms with Crippen LogP contribution in [0, 0.1) is 0 Å². The summed E-state index contributed by atoms with van der Waals surface area (Å²) in [5, 5.41) is 82.8. The molecule has 0 aliphatic carbocycles. The number of cyclic esters (lactones) is 1. The van der Waals surface area contributed by atoms with Crippen LogP contribution in [0.5, 0.6) is 5.75 Å². The zero-order valence-corrected chi connectivity index (χ0v) is 71.7. The Kier molecular flexibility index (Phi) is 34.3. The van der Waals surface area contributed by atoms with Crippen molar-refractivity contribution in [3.05, 3.63) is 165 Å². The number of esters is 1. The van der Waals surface area contributed by atoms with Crippen LogP contribution in [0.15, 0.2) is 126 Å². The lowest BCUT2D eigenvalue weighted by atomic mass is 9.85. The van der Waals surface area contributed by atoms with Gasteiger partial charge < -0.3 is 120 Å². The van der Waals surface area contributed by atoms with Crippen LogP contribution in [-0.4, -0.2) is 257 Å². The van der Waals surface area contributed by atoms with Crippen LogP contribution >= 0.6 is 21.6 Å². The number of aromatic hydroxyl groups is 1. The van der Waals surface area contributed by atoms with Crippen molar-refractivity contribution in [3.8, 4) is 17.1 Å². The highest BCUT2D eigenvalue weighted by molar-refractivity contribution is 8.76. The fraction of sp³-hybridized carbons (Fsp3) is 0.435. The normalized spacial score (nSPS) is 20.3. The second kappa shape index (κ2) is 45.0. The van der Waals surface area contributed by atoms with Crippen LogP contribution in [-0.2, 0) is 110 Å². The molecule has 0 spiro atoms. The van der Waals surface area contributed by atoms with Crippen molar-refractivity contribution in [3.63, 3.8) is 0 Å². The number of phenolic OH excluding ortho intramolecular Hbond substituents is 1. The van der Waals surface area contributed by atoms with Gasteiger partial charge in [0.05, 0.1) is 54.4 Å². The summed E-state index contributed by atoms with van der Waals surface area (Å²) in [6, 6.07) is 12.5. The molecule has 127 heavy (non-hydrogen) atoms. The molecule has 0 unspecified atom stereocenters. The van der Waals surface area contributed by atoms with Gasteiger partial charge in [0.25, 0.3) is 5.56 Å². The van der Waals surface area contributed by atoms with Crippen molar-refractivity contribution in [1.29, 1.82) is 0 Å². The van der Waals surface area contributed by atoms with Crippen molar-refractivity contribution in [2.24, 2.45) is 17.2 Å². The first-order chi connectivity index (χ1) is 60.8. The third kappa shape index (κ3) is 24.6. The fourth-order valence-corrected chi connectivity index (χ4v) is 17.1. The summed E-state index contributed by atoms with van der Waals surface area (Å²) >= 11 is 0. The number of pyridine rings is 2. The van der Waals surface area contributed by atoms with Gasteiger partial charge in [-0.05, 0) is 99.2 Å². The Morgan fingerprint density at radius 3 is 1.98 bits per heavy atom. The van der Waals surface area contributed by atoms with Crippen LogP contribution in [0.3, 0.4) is 0 Å². The van der Waals surface area contributed by atoms with Crippen LogP contribution in [0.1, 0.15) is 99.6 Å². The van der Waals surface area contributed by atoms with Gasteiger partial charge in [0.2, 0.25) is 76.5 Å². The Hall–Kier alpha value is -12.6. The second-order valence-corrected chi connectivity index (χ2v) is 33.5. The minimum Gasteiger partial charge on any atom is -0.508 e. The topological polar surface area (TPSA) is 623 Å². The van der Waals surface area contributed by atoms with Gasteiger partial charge in [0.1, 0.15) is 85.4 Å². The Balaban J connectivity index is 0.890. The molecular weight excluding hydrogens is 1690 g/mol. The highest BCUT2D eigenvalue weighted by Crippen LogP contribution is 2.42. The monoisotopic (exact) mass is 1790 g/mol. The molecule has 3 aliphatic heterocycles. The van der Waals surface area contributed by atoms with Crippen molar-refractivity contribution >= 4 is 126 Å². The Bertz CT molecular complexity index is 5260. The number of para-hydroxylation sites is 2. The number of aliphatic hydroxyl groups excluding tert-OH is 4. The molecule has 42 heteroatoms. The molecule has 40 nitrogen and oxygen atoms in total. The number of rotatable bonds is 34. The number of carbonyl (C=O) groups excluding carboxylic acids is 14. The third-order valence-corrected chi connectivity index (χ3v) is 24.1. The molecule has 680 valence electrons. The van der Waals surface area contributed by atoms with Gasteiger partial charge in [0.15, 0.2) is 0 Å². The van der Waals surface area contributed by atoms with Gasteiger partial charge >= 0.3 is 12.1 Å². The molecule has 13 amide bonds. The maximum atomic E-state index is 15.3. The summed E-state index contributed by atoms with van der Waals surface area (Å²) in [5.41, 5.74) is 18.8. The van der Waals surface area contributed by atoms with E-state index in [0.29, 0.717) is 50.9 Å². The summed E-state index contributed by atoms with van der Waals surface area (Å²) in [6.45, 7) is 1.44. The molecule has 10 rings (SSSR count). The number of benzene rings is 4. The van der Waals surface area contributed by atoms with Crippen LogP contribution < -0.4 is 81.2 Å². The minimum absolute atomic E-state index is 0.00338. The highest BCUT2D eigenvalue weighted by atomic mass is 33.1. The number of aliphatic hydroxyl groups is 4. The number of aromatic amines is 1. The Labute approximate surface area is 736 Å². The predicted molar refractivity (Wildman–Crippen MR) is 464 cm³/mol. The summed E-state index contributed by atoms with van der Waals surface area (Å²) in [5.74, 6) is -15.4. The van der Waals surface area contributed by atoms with Crippen molar-refractivity contribution in [2.45, 2.75) is 183 Å². The molecule has 0 bridgehead atoms. The number of amides is 13. The van der Waals surface area contributed by atoms with E-state index < -0.39 is 217 Å². The molecule has 0 saturated carbocycles. The number of nitrogens with two attached hydrogens (primary N) is 3. The Morgan fingerprint density at radius 1 is 0.677 bits per heavy atom. The molecule has 4 aromatic carbocycles. The largest absolute Gasteiger partial charge is 0.508 e. The maximum absolute atomic E-state index is 15.3. The van der Waals surface area contributed by atoms with E-state index in [1.165, 1.54) is 35.8 Å². The number of hydrogen-bond acceptors (Lipinski definition) is 27. The van der Waals surface area contributed by atoms with Crippen molar-refractivity contribution in [2.75, 3.05) is 50.9 Å². The number of fused-ring (bicyclic) bond motifs is 6. The van der Waals surface area contributed by atoms with E-state index in [9.17, 15) is 87.9 Å². The zero-order valence-electron chi connectivity index (χ0n) is 70.1. The van der Waals surface area contributed by atoms with Crippen molar-refractivity contribution < 1.29 is 102 Å². The van der Waals surface area contributed by atoms with Gasteiger partial charge in [-0.15, -0.1) is 0 Å². The average Bonchev–Trinajstić information content (AvgIpc) is 1.64. The summed E-state index contributed by atoms with van der Waals surface area (Å²) in [4.78, 5) is 225. The minimum atomic E-state index is -2.23. The Morgan fingerprint density at radius 2 is 1.31 bits per heavy atom. The first-order valence-electron chi connectivity index (χ1n) is 41.4. The fourth-order valence-electron chi connectivity index (χ4n) is 14.7. The lowest BCUT2D eigenvalue weighted by Crippen LogP contribution is -2.63. The number of nitrogens with zero attached hydrogens (tertiary/aromatic N) is 3. The second-order valence-electron chi connectivity index (χ2n) is 30.9. The number of carbonyl (C=O) groups is 14. The predicted octanol–water partition coefficient (Wildman–Crippen LogP) is -2.71. The van der Waals surface area contributed by atoms with Crippen molar-refractivity contribution in [1.82, 2.24) is 77.9 Å². The zero-order chi connectivity index (χ0) is 91.9. The van der Waals surface area contributed by atoms with E-state index >= 15 is 9.59 Å². The van der Waals surface area contributed by atoms with E-state index in [4.69, 9.17) is 31.7 Å². The van der Waals surface area contributed by atoms with E-state index in [1.54, 1.807) is 79.9 Å². The molecule has 7 aromatic rings. The number of ether oxygens (including phenoxy) is 2. The molecule has 23 N–H and O–H groups in total. The van der Waals surface area contributed by atoms with Gasteiger partial charge in [0, 0.05) is 77.5 Å². The molecule has 3 aliphatic rings. The first-order valence-corrected chi connectivity index (χ1v) is 43.8. The lowest BCUT2D eigenvalue weighted by molar-refractivity contribution is -0.173. The number of unbranched alkanes of at least 4 members (excludes halogenated alkanes) is 1. The van der Waals surface area contributed by atoms with Gasteiger partial charge in [-0.2, -0.15) is 0 Å². The van der Waals surface area contributed by atoms with Crippen LogP contribution in [0.2, 0.25) is 0 Å².